The first kappa shape index (κ1) is 15.9. The highest BCUT2D eigenvalue weighted by molar-refractivity contribution is 5.94. The van der Waals surface area contributed by atoms with Crippen LogP contribution in [0.2, 0.25) is 0 Å². The van der Waals surface area contributed by atoms with Gasteiger partial charge in [0.1, 0.15) is 12.2 Å². The van der Waals surface area contributed by atoms with E-state index in [1.807, 2.05) is 6.92 Å². The lowest BCUT2D eigenvalue weighted by atomic mass is 10.0. The highest BCUT2D eigenvalue weighted by Crippen LogP contribution is 2.20. The topological polar surface area (TPSA) is 60.9 Å². The van der Waals surface area contributed by atoms with Gasteiger partial charge in [-0.2, -0.15) is 0 Å². The molecule has 3 atom stereocenters. The van der Waals surface area contributed by atoms with Crippen LogP contribution in [0.3, 0.4) is 0 Å². The number of carbonyl (C=O) groups excluding carboxylic acids is 1. The van der Waals surface area contributed by atoms with Crippen molar-refractivity contribution in [3.8, 4) is 0 Å². The first-order chi connectivity index (χ1) is 10.1. The Morgan fingerprint density at radius 1 is 1.38 bits per heavy atom. The van der Waals surface area contributed by atoms with Gasteiger partial charge in [-0.3, -0.25) is 9.78 Å². The number of hydrogen-bond donors (Lipinski definition) is 0. The van der Waals surface area contributed by atoms with E-state index in [-0.39, 0.29) is 24.2 Å². The fourth-order valence-electron chi connectivity index (χ4n) is 2.62. The number of pyridine rings is 1. The molecule has 1 aromatic heterocycles. The van der Waals surface area contributed by atoms with E-state index >= 15 is 0 Å². The van der Waals surface area contributed by atoms with Crippen LogP contribution in [0.1, 0.15) is 16.1 Å². The molecule has 116 valence electrons. The lowest BCUT2D eigenvalue weighted by molar-refractivity contribution is -0.147. The molecular weight excluding hydrogens is 272 g/mol. The number of nitrogens with zero attached hydrogens (tertiary/aromatic N) is 2. The average molecular weight is 294 g/mol. The van der Waals surface area contributed by atoms with Crippen LogP contribution in [0.15, 0.2) is 18.3 Å². The van der Waals surface area contributed by atoms with E-state index in [1.54, 1.807) is 44.5 Å². The summed E-state index contributed by atoms with van der Waals surface area (Å²) in [5, 5.41) is 0. The Morgan fingerprint density at radius 3 is 2.76 bits per heavy atom. The van der Waals surface area contributed by atoms with Crippen LogP contribution in [-0.4, -0.2) is 68.5 Å². The minimum atomic E-state index is -0.208. The molecule has 0 aliphatic carbocycles. The van der Waals surface area contributed by atoms with Gasteiger partial charge in [0.15, 0.2) is 0 Å². The Morgan fingerprint density at radius 2 is 2.14 bits per heavy atom. The van der Waals surface area contributed by atoms with Crippen molar-refractivity contribution in [1.29, 1.82) is 0 Å². The molecule has 0 N–H and O–H groups in total. The van der Waals surface area contributed by atoms with Gasteiger partial charge < -0.3 is 19.1 Å². The third-order valence-electron chi connectivity index (χ3n) is 3.85. The third-order valence-corrected chi connectivity index (χ3v) is 3.85. The highest BCUT2D eigenvalue weighted by Gasteiger charge is 2.38. The molecule has 0 radical (unpaired) electrons. The molecule has 21 heavy (non-hydrogen) atoms. The molecule has 0 spiro atoms. The minimum Gasteiger partial charge on any atom is -0.376 e. The zero-order valence-electron chi connectivity index (χ0n) is 12.9. The van der Waals surface area contributed by atoms with Crippen LogP contribution in [0.25, 0.3) is 0 Å². The zero-order valence-corrected chi connectivity index (χ0v) is 12.9. The maximum absolute atomic E-state index is 12.6. The fourth-order valence-corrected chi connectivity index (χ4v) is 2.62. The van der Waals surface area contributed by atoms with Gasteiger partial charge in [0.05, 0.1) is 19.3 Å². The van der Waals surface area contributed by atoms with Crippen LogP contribution in [-0.2, 0) is 14.2 Å². The van der Waals surface area contributed by atoms with Gasteiger partial charge in [-0.15, -0.1) is 0 Å². The quantitative estimate of drug-likeness (QED) is 0.825. The Bertz CT molecular complexity index is 494. The van der Waals surface area contributed by atoms with E-state index in [4.69, 9.17) is 14.2 Å². The SMILES string of the molecule is CO[C@H]1[C@H](N(C)C(=O)c2ccnc(C)c2)COC[C@H]1OC. The Balaban J connectivity index is 2.17. The van der Waals surface area contributed by atoms with Crippen LogP contribution >= 0.6 is 0 Å². The van der Waals surface area contributed by atoms with E-state index in [0.29, 0.717) is 18.8 Å². The molecule has 1 saturated heterocycles. The smallest absolute Gasteiger partial charge is 0.254 e. The summed E-state index contributed by atoms with van der Waals surface area (Å²) in [7, 11) is 5.01. The Labute approximate surface area is 125 Å². The maximum Gasteiger partial charge on any atom is 0.254 e. The van der Waals surface area contributed by atoms with Crippen molar-refractivity contribution < 1.29 is 19.0 Å². The third kappa shape index (κ3) is 3.40. The van der Waals surface area contributed by atoms with Crippen LogP contribution in [0, 0.1) is 6.92 Å². The standard InChI is InChI=1S/C15H22N2O4/c1-10-7-11(5-6-16-10)15(18)17(2)12-8-21-9-13(19-3)14(12)20-4/h5-7,12-14H,8-9H2,1-4H3/t12-,13-,14+/m1/s1. The number of ether oxygens (including phenoxy) is 3. The predicted octanol–water partition coefficient (Wildman–Crippen LogP) is 0.891. The summed E-state index contributed by atoms with van der Waals surface area (Å²) >= 11 is 0. The van der Waals surface area contributed by atoms with Crippen molar-refractivity contribution in [2.24, 2.45) is 0 Å². The molecule has 0 bridgehead atoms. The summed E-state index contributed by atoms with van der Waals surface area (Å²) in [5.41, 5.74) is 1.42. The Kier molecular flexibility index (Phi) is 5.27. The monoisotopic (exact) mass is 294 g/mol. The predicted molar refractivity (Wildman–Crippen MR) is 77.3 cm³/mol. The van der Waals surface area contributed by atoms with Gasteiger partial charge >= 0.3 is 0 Å². The minimum absolute atomic E-state index is 0.0760. The Hall–Kier alpha value is -1.50. The molecule has 6 heteroatoms. The van der Waals surface area contributed by atoms with Crippen LogP contribution in [0.4, 0.5) is 0 Å². The van der Waals surface area contributed by atoms with Gasteiger partial charge in [-0.25, -0.2) is 0 Å². The first-order valence-corrected chi connectivity index (χ1v) is 6.91. The number of aryl methyl sites for hydroxylation is 1. The fraction of sp³-hybridized carbons (Fsp3) is 0.600. The lowest BCUT2D eigenvalue weighted by Crippen LogP contribution is -2.57. The summed E-state index contributed by atoms with van der Waals surface area (Å²) in [6.45, 7) is 2.77. The highest BCUT2D eigenvalue weighted by atomic mass is 16.6. The van der Waals surface area contributed by atoms with E-state index in [0.717, 1.165) is 5.69 Å². The van der Waals surface area contributed by atoms with Crippen molar-refractivity contribution in [3.63, 3.8) is 0 Å². The molecule has 1 amide bonds. The van der Waals surface area contributed by atoms with E-state index in [1.165, 1.54) is 0 Å². The molecule has 1 aliphatic heterocycles. The molecule has 2 heterocycles. The number of hydrogen-bond acceptors (Lipinski definition) is 5. The largest absolute Gasteiger partial charge is 0.376 e. The van der Waals surface area contributed by atoms with E-state index < -0.39 is 0 Å². The number of carbonyl (C=O) groups is 1. The summed E-state index contributed by atoms with van der Waals surface area (Å²) in [6, 6.07) is 3.30. The summed E-state index contributed by atoms with van der Waals surface area (Å²) in [4.78, 5) is 18.4. The number of amides is 1. The molecule has 6 nitrogen and oxygen atoms in total. The first-order valence-electron chi connectivity index (χ1n) is 6.91. The van der Waals surface area contributed by atoms with E-state index in [2.05, 4.69) is 4.98 Å². The second kappa shape index (κ2) is 6.98. The summed E-state index contributed by atoms with van der Waals surface area (Å²) < 4.78 is 16.4. The van der Waals surface area contributed by atoms with Gasteiger partial charge in [0.2, 0.25) is 0 Å². The normalized spacial score (nSPS) is 25.6. The van der Waals surface area contributed by atoms with Crippen molar-refractivity contribution >= 4 is 5.91 Å². The average Bonchev–Trinajstić information content (AvgIpc) is 2.52. The van der Waals surface area contributed by atoms with Crippen molar-refractivity contribution in [3.05, 3.63) is 29.6 Å². The van der Waals surface area contributed by atoms with Crippen LogP contribution < -0.4 is 0 Å². The van der Waals surface area contributed by atoms with Crippen molar-refractivity contribution in [2.45, 2.75) is 25.2 Å². The molecular formula is C15H22N2O4. The van der Waals surface area contributed by atoms with Crippen molar-refractivity contribution in [1.82, 2.24) is 9.88 Å². The molecule has 0 saturated carbocycles. The second-order valence-electron chi connectivity index (χ2n) is 5.18. The van der Waals surface area contributed by atoms with Gasteiger partial charge in [0, 0.05) is 38.7 Å². The molecule has 1 aliphatic rings. The van der Waals surface area contributed by atoms with Gasteiger partial charge in [-0.05, 0) is 19.1 Å². The molecule has 2 rings (SSSR count). The number of methoxy groups -OCH3 is 2. The molecule has 0 unspecified atom stereocenters. The molecule has 1 aromatic rings. The summed E-state index contributed by atoms with van der Waals surface area (Å²) in [5.74, 6) is -0.0760. The number of likely N-dealkylation sites (N-methyl/N-ethyl adjacent to an activating group) is 1. The van der Waals surface area contributed by atoms with Gasteiger partial charge in [0.25, 0.3) is 5.91 Å². The number of aromatic nitrogens is 1. The van der Waals surface area contributed by atoms with Crippen LogP contribution in [0.5, 0.6) is 0 Å². The van der Waals surface area contributed by atoms with E-state index in [9.17, 15) is 4.79 Å². The molecule has 1 fully saturated rings. The maximum atomic E-state index is 12.6. The summed E-state index contributed by atoms with van der Waals surface area (Å²) in [6.07, 6.45) is 1.25. The van der Waals surface area contributed by atoms with Crippen molar-refractivity contribution in [2.75, 3.05) is 34.5 Å². The lowest BCUT2D eigenvalue weighted by Gasteiger charge is -2.40. The zero-order chi connectivity index (χ0) is 15.4. The second-order valence-corrected chi connectivity index (χ2v) is 5.18. The molecule has 0 aromatic carbocycles. The van der Waals surface area contributed by atoms with Gasteiger partial charge in [-0.1, -0.05) is 0 Å². The number of rotatable bonds is 4.